The highest BCUT2D eigenvalue weighted by Gasteiger charge is 2.60. The number of amidine groups is 1. The Labute approximate surface area is 321 Å². The minimum Gasteiger partial charge on any atom is -0.493 e. The Hall–Kier alpha value is -3.06. The van der Waals surface area contributed by atoms with E-state index in [1.165, 1.54) is 44.9 Å². The summed E-state index contributed by atoms with van der Waals surface area (Å²) < 4.78 is 6.38. The molecule has 4 aliphatic rings. The monoisotopic (exact) mass is 742 g/mol. The van der Waals surface area contributed by atoms with Gasteiger partial charge in [0.05, 0.1) is 12.2 Å². The summed E-state index contributed by atoms with van der Waals surface area (Å²) in [5.41, 5.74) is 2.00. The summed E-state index contributed by atoms with van der Waals surface area (Å²) >= 11 is 12.9. The van der Waals surface area contributed by atoms with E-state index in [-0.39, 0.29) is 11.4 Å². The normalized spacial score (nSPS) is 27.3. The fourth-order valence-electron chi connectivity index (χ4n) is 9.62. The molecule has 2 aliphatic carbocycles. The molecular formula is C44H56Cl2N4O2. The van der Waals surface area contributed by atoms with Gasteiger partial charge in [-0.15, -0.1) is 0 Å². The lowest BCUT2D eigenvalue weighted by Crippen LogP contribution is -2.61. The minimum atomic E-state index is -0.929. The molecule has 2 unspecified atom stereocenters. The van der Waals surface area contributed by atoms with Crippen LogP contribution in [0.1, 0.15) is 109 Å². The number of ether oxygens (including phenoxy) is 1. The number of benzene rings is 3. The van der Waals surface area contributed by atoms with Crippen LogP contribution >= 0.6 is 23.2 Å². The molecule has 0 radical (unpaired) electrons. The summed E-state index contributed by atoms with van der Waals surface area (Å²) in [5.74, 6) is 3.15. The van der Waals surface area contributed by atoms with Crippen LogP contribution in [0.3, 0.4) is 0 Å². The highest BCUT2D eigenvalue weighted by molar-refractivity contribution is 6.30. The number of hydrogen-bond acceptors (Lipinski definition) is 4. The molecule has 8 heteroatoms. The Kier molecular flexibility index (Phi) is 10.5. The topological polar surface area (TPSA) is 48.4 Å². The quantitative estimate of drug-likeness (QED) is 0.242. The van der Waals surface area contributed by atoms with Gasteiger partial charge in [0, 0.05) is 42.3 Å². The van der Waals surface area contributed by atoms with Gasteiger partial charge in [0.25, 0.3) is 0 Å². The number of carbonyl (C=O) groups excluding carboxylic acids is 1. The van der Waals surface area contributed by atoms with Gasteiger partial charge in [0.15, 0.2) is 0 Å². The lowest BCUT2D eigenvalue weighted by Gasteiger charge is -2.48. The third kappa shape index (κ3) is 6.77. The van der Waals surface area contributed by atoms with E-state index >= 15 is 4.79 Å². The molecular weight excluding hydrogens is 687 g/mol. The van der Waals surface area contributed by atoms with Gasteiger partial charge in [-0.05, 0) is 110 Å². The molecule has 4 atom stereocenters. The molecule has 1 saturated heterocycles. The second-order valence-corrected chi connectivity index (χ2v) is 17.8. The summed E-state index contributed by atoms with van der Waals surface area (Å²) in [6.07, 6.45) is 9.63. The standard InChI is InChI=1S/C44H56Cl2N4O2/c1-7-52-39-29-34(42(2,3)4)17-23-38(39)40-47-43(5,32-13-18-35(45)19-14-32)44(6,33-15-20-36(46)21-16-33)50(40)41(51)49-26-24-48(25-27-49)37-22-12-31(28-37)30-10-8-9-11-30/h13-21,23,29-31,37H,7-12,22,24-28H2,1-6H3/t31?,37?,43-,44+/m0/s1. The SMILES string of the molecule is CCOc1cc(C(C)(C)C)ccc1C1=N[C@@](C)(c2ccc(Cl)cc2)[C@@](C)(c2ccc(Cl)cc2)N1C(=O)N1CCN(C2CCC(C3CCCC3)C2)CC1. The average Bonchev–Trinajstić information content (AvgIpc) is 3.89. The minimum absolute atomic E-state index is 0.0360. The van der Waals surface area contributed by atoms with Crippen molar-refractivity contribution in [3.8, 4) is 5.75 Å². The van der Waals surface area contributed by atoms with E-state index in [9.17, 15) is 0 Å². The lowest BCUT2D eigenvalue weighted by molar-refractivity contribution is 0.0736. The van der Waals surface area contributed by atoms with Crippen LogP contribution in [0, 0.1) is 11.8 Å². The van der Waals surface area contributed by atoms with Crippen molar-refractivity contribution in [2.24, 2.45) is 16.8 Å². The molecule has 3 fully saturated rings. The van der Waals surface area contributed by atoms with Crippen LogP contribution in [0.5, 0.6) is 5.75 Å². The largest absolute Gasteiger partial charge is 0.493 e. The Bertz CT molecular complexity index is 1770. The van der Waals surface area contributed by atoms with E-state index in [1.807, 2.05) is 60.4 Å². The zero-order chi connectivity index (χ0) is 36.8. The fraction of sp³-hybridized carbons (Fsp3) is 0.545. The molecule has 3 aromatic rings. The van der Waals surface area contributed by atoms with Gasteiger partial charge in [-0.1, -0.05) is 100.0 Å². The smallest absolute Gasteiger partial charge is 0.326 e. The first-order valence-corrected chi connectivity index (χ1v) is 20.3. The van der Waals surface area contributed by atoms with Gasteiger partial charge in [-0.2, -0.15) is 0 Å². The molecule has 2 heterocycles. The zero-order valence-electron chi connectivity index (χ0n) is 31.9. The van der Waals surface area contributed by atoms with Crippen molar-refractivity contribution in [2.45, 2.75) is 109 Å². The summed E-state index contributed by atoms with van der Waals surface area (Å²) in [4.78, 5) is 27.8. The molecule has 0 N–H and O–H groups in total. The highest BCUT2D eigenvalue weighted by atomic mass is 35.5. The van der Waals surface area contributed by atoms with E-state index in [0.717, 1.165) is 52.9 Å². The highest BCUT2D eigenvalue weighted by Crippen LogP contribution is 2.54. The maximum atomic E-state index is 15.4. The predicted molar refractivity (Wildman–Crippen MR) is 214 cm³/mol. The van der Waals surface area contributed by atoms with Gasteiger partial charge in [-0.25, -0.2) is 4.79 Å². The maximum Gasteiger partial charge on any atom is 0.326 e. The summed E-state index contributed by atoms with van der Waals surface area (Å²) in [6, 6.07) is 22.8. The summed E-state index contributed by atoms with van der Waals surface area (Å²) in [6.45, 7) is 16.6. The van der Waals surface area contributed by atoms with Gasteiger partial charge >= 0.3 is 6.03 Å². The van der Waals surface area contributed by atoms with Crippen LogP contribution < -0.4 is 4.74 Å². The van der Waals surface area contributed by atoms with Gasteiger partial charge in [0.1, 0.15) is 22.7 Å². The Morgan fingerprint density at radius 2 is 1.44 bits per heavy atom. The third-order valence-corrected chi connectivity index (χ3v) is 13.4. The third-order valence-electron chi connectivity index (χ3n) is 12.9. The van der Waals surface area contributed by atoms with Crippen LogP contribution in [0.15, 0.2) is 71.7 Å². The molecule has 2 aliphatic heterocycles. The summed E-state index contributed by atoms with van der Waals surface area (Å²) in [7, 11) is 0. The number of amides is 2. The van der Waals surface area contributed by atoms with Crippen molar-refractivity contribution in [1.29, 1.82) is 0 Å². The molecule has 0 bridgehead atoms. The van der Waals surface area contributed by atoms with E-state index in [1.54, 1.807) is 0 Å². The molecule has 278 valence electrons. The van der Waals surface area contributed by atoms with Gasteiger partial charge < -0.3 is 9.64 Å². The number of carbonyl (C=O) groups is 1. The zero-order valence-corrected chi connectivity index (χ0v) is 33.4. The molecule has 3 aromatic carbocycles. The van der Waals surface area contributed by atoms with E-state index in [0.29, 0.717) is 41.6 Å². The van der Waals surface area contributed by atoms with Gasteiger partial charge in [-0.3, -0.25) is 14.8 Å². The Morgan fingerprint density at radius 3 is 2.04 bits per heavy atom. The average molecular weight is 744 g/mol. The molecule has 0 aromatic heterocycles. The number of hydrogen-bond donors (Lipinski definition) is 0. The fourth-order valence-corrected chi connectivity index (χ4v) is 9.87. The summed E-state index contributed by atoms with van der Waals surface area (Å²) in [5, 5.41) is 1.30. The van der Waals surface area contributed by atoms with E-state index in [4.69, 9.17) is 32.9 Å². The van der Waals surface area contributed by atoms with Crippen LogP contribution in [-0.4, -0.2) is 65.4 Å². The Morgan fingerprint density at radius 1 is 0.827 bits per heavy atom. The van der Waals surface area contributed by atoms with Crippen LogP contribution in [-0.2, 0) is 16.5 Å². The first-order valence-electron chi connectivity index (χ1n) is 19.6. The second kappa shape index (κ2) is 14.6. The van der Waals surface area contributed by atoms with Crippen molar-refractivity contribution in [3.63, 3.8) is 0 Å². The van der Waals surface area contributed by atoms with Gasteiger partial charge in [0.2, 0.25) is 0 Å². The number of nitrogens with zero attached hydrogens (tertiary/aromatic N) is 4. The van der Waals surface area contributed by atoms with Crippen LogP contribution in [0.2, 0.25) is 10.0 Å². The molecule has 6 nitrogen and oxygen atoms in total. The lowest BCUT2D eigenvalue weighted by atomic mass is 9.71. The first-order chi connectivity index (χ1) is 24.8. The van der Waals surface area contributed by atoms with E-state index in [2.05, 4.69) is 62.6 Å². The number of urea groups is 1. The molecule has 0 spiro atoms. The number of halogens is 2. The first kappa shape index (κ1) is 37.3. The molecule has 52 heavy (non-hydrogen) atoms. The predicted octanol–water partition coefficient (Wildman–Crippen LogP) is 10.7. The van der Waals surface area contributed by atoms with Crippen molar-refractivity contribution >= 4 is 35.1 Å². The molecule has 7 rings (SSSR count). The van der Waals surface area contributed by atoms with E-state index < -0.39 is 11.1 Å². The Balaban J connectivity index is 1.29. The maximum absolute atomic E-state index is 15.4. The number of rotatable bonds is 7. The van der Waals surface area contributed by atoms with Crippen LogP contribution in [0.4, 0.5) is 4.79 Å². The molecule has 2 saturated carbocycles. The number of piperazine rings is 1. The van der Waals surface area contributed by atoms with Crippen molar-refractivity contribution in [1.82, 2.24) is 14.7 Å². The van der Waals surface area contributed by atoms with Crippen LogP contribution in [0.25, 0.3) is 0 Å². The second-order valence-electron chi connectivity index (χ2n) is 16.9. The molecule has 2 amide bonds. The number of aliphatic imine (C=N–C) groups is 1. The van der Waals surface area contributed by atoms with Crippen molar-refractivity contribution in [3.05, 3.63) is 99.0 Å². The van der Waals surface area contributed by atoms with Crippen molar-refractivity contribution < 1.29 is 9.53 Å². The van der Waals surface area contributed by atoms with Crippen molar-refractivity contribution in [2.75, 3.05) is 32.8 Å².